The van der Waals surface area contributed by atoms with Crippen molar-refractivity contribution in [2.75, 3.05) is 6.54 Å². The second-order valence-electron chi connectivity index (χ2n) is 4.18. The predicted octanol–water partition coefficient (Wildman–Crippen LogP) is 0.706. The van der Waals surface area contributed by atoms with E-state index in [4.69, 9.17) is 0 Å². The van der Waals surface area contributed by atoms with E-state index >= 15 is 0 Å². The van der Waals surface area contributed by atoms with Crippen molar-refractivity contribution < 1.29 is 4.79 Å². The number of tetrazole rings is 1. The van der Waals surface area contributed by atoms with Gasteiger partial charge in [-0.3, -0.25) is 4.79 Å². The Morgan fingerprint density at radius 3 is 2.47 bits per heavy atom. The Morgan fingerprint density at radius 2 is 2.07 bits per heavy atom. The summed E-state index contributed by atoms with van der Waals surface area (Å²) in [6.07, 6.45) is 0. The number of rotatable bonds is 4. The largest absolute Gasteiger partial charge is 0.333 e. The molecule has 0 aliphatic heterocycles. The van der Waals surface area contributed by atoms with Gasteiger partial charge in [0.25, 0.3) is 11.7 Å². The molecule has 6 nitrogen and oxygen atoms in total. The summed E-state index contributed by atoms with van der Waals surface area (Å²) in [7, 11) is 0. The lowest BCUT2D eigenvalue weighted by molar-refractivity contribution is 0.0669. The van der Waals surface area contributed by atoms with Gasteiger partial charge in [0.2, 0.25) is 0 Å². The van der Waals surface area contributed by atoms with Crippen molar-refractivity contribution in [1.29, 1.82) is 0 Å². The van der Waals surface area contributed by atoms with Crippen LogP contribution in [0.3, 0.4) is 0 Å². The Hall–Kier alpha value is -1.46. The zero-order valence-electron chi connectivity index (χ0n) is 9.56. The molecule has 6 heteroatoms. The highest BCUT2D eigenvalue weighted by Gasteiger charge is 2.22. The van der Waals surface area contributed by atoms with Gasteiger partial charge in [0.05, 0.1) is 0 Å². The van der Waals surface area contributed by atoms with E-state index in [9.17, 15) is 4.79 Å². The number of carbonyl (C=O) groups excluding carboxylic acids is 1. The van der Waals surface area contributed by atoms with Gasteiger partial charge in [0, 0.05) is 12.6 Å². The molecule has 15 heavy (non-hydrogen) atoms. The molecule has 0 atom stereocenters. The molecule has 0 aliphatic rings. The average Bonchev–Trinajstić information content (AvgIpc) is 2.65. The monoisotopic (exact) mass is 211 g/mol. The van der Waals surface area contributed by atoms with E-state index in [1.807, 2.05) is 13.8 Å². The molecule has 0 saturated carbocycles. The predicted molar refractivity (Wildman–Crippen MR) is 55.2 cm³/mol. The van der Waals surface area contributed by atoms with Crippen LogP contribution in [0.15, 0.2) is 0 Å². The molecule has 0 unspecified atom stereocenters. The first-order chi connectivity index (χ1) is 7.02. The summed E-state index contributed by atoms with van der Waals surface area (Å²) in [5.74, 6) is 0.375. The SMILES string of the molecule is CC(C)CN(C(=O)c1nn[nH]n1)C(C)C. The number of hydrogen-bond donors (Lipinski definition) is 1. The number of amides is 1. The minimum Gasteiger partial charge on any atom is -0.333 e. The van der Waals surface area contributed by atoms with E-state index in [0.717, 1.165) is 0 Å². The topological polar surface area (TPSA) is 74.8 Å². The van der Waals surface area contributed by atoms with Crippen molar-refractivity contribution in [3.8, 4) is 0 Å². The van der Waals surface area contributed by atoms with Gasteiger partial charge in [-0.15, -0.1) is 10.2 Å². The third kappa shape index (κ3) is 3.00. The van der Waals surface area contributed by atoms with Gasteiger partial charge in [-0.1, -0.05) is 13.8 Å². The molecule has 1 amide bonds. The second kappa shape index (κ2) is 4.86. The van der Waals surface area contributed by atoms with Gasteiger partial charge in [-0.05, 0) is 25.0 Å². The molecule has 1 rings (SSSR count). The molecular formula is C9H17N5O. The summed E-state index contributed by atoms with van der Waals surface area (Å²) < 4.78 is 0. The summed E-state index contributed by atoms with van der Waals surface area (Å²) in [6.45, 7) is 8.78. The van der Waals surface area contributed by atoms with Gasteiger partial charge in [-0.2, -0.15) is 5.21 Å². The fourth-order valence-corrected chi connectivity index (χ4v) is 1.30. The van der Waals surface area contributed by atoms with E-state index in [0.29, 0.717) is 12.5 Å². The Balaban J connectivity index is 2.76. The summed E-state index contributed by atoms with van der Waals surface area (Å²) in [4.78, 5) is 13.7. The van der Waals surface area contributed by atoms with Gasteiger partial charge in [0.1, 0.15) is 0 Å². The number of carbonyl (C=O) groups is 1. The minimum absolute atomic E-state index is 0.129. The van der Waals surface area contributed by atoms with Crippen molar-refractivity contribution in [3.05, 3.63) is 5.82 Å². The lowest BCUT2D eigenvalue weighted by Gasteiger charge is -2.27. The van der Waals surface area contributed by atoms with Gasteiger partial charge in [0.15, 0.2) is 0 Å². The third-order valence-electron chi connectivity index (χ3n) is 1.98. The number of hydrogen-bond acceptors (Lipinski definition) is 4. The van der Waals surface area contributed by atoms with Gasteiger partial charge in [-0.25, -0.2) is 0 Å². The zero-order chi connectivity index (χ0) is 11.4. The average molecular weight is 211 g/mol. The number of nitrogens with one attached hydrogen (secondary N) is 1. The molecule has 0 aliphatic carbocycles. The quantitative estimate of drug-likeness (QED) is 0.795. The van der Waals surface area contributed by atoms with Crippen molar-refractivity contribution in [3.63, 3.8) is 0 Å². The van der Waals surface area contributed by atoms with Crippen LogP contribution in [0.2, 0.25) is 0 Å². The molecule has 1 heterocycles. The maximum absolute atomic E-state index is 11.9. The summed E-state index contributed by atoms with van der Waals surface area (Å²) >= 11 is 0. The Morgan fingerprint density at radius 1 is 1.40 bits per heavy atom. The number of nitrogens with zero attached hydrogens (tertiary/aromatic N) is 4. The third-order valence-corrected chi connectivity index (χ3v) is 1.98. The normalized spacial score (nSPS) is 11.1. The van der Waals surface area contributed by atoms with E-state index in [1.165, 1.54) is 0 Å². The van der Waals surface area contributed by atoms with Crippen LogP contribution < -0.4 is 0 Å². The molecule has 0 spiro atoms. The maximum atomic E-state index is 11.9. The minimum atomic E-state index is -0.174. The van der Waals surface area contributed by atoms with Crippen molar-refractivity contribution >= 4 is 5.91 Å². The number of aromatic amines is 1. The van der Waals surface area contributed by atoms with Gasteiger partial charge >= 0.3 is 0 Å². The lowest BCUT2D eigenvalue weighted by Crippen LogP contribution is -2.40. The molecule has 0 saturated heterocycles. The van der Waals surface area contributed by atoms with Crippen LogP contribution in [-0.2, 0) is 0 Å². The van der Waals surface area contributed by atoms with Crippen LogP contribution in [0.5, 0.6) is 0 Å². The van der Waals surface area contributed by atoms with E-state index in [2.05, 4.69) is 34.5 Å². The van der Waals surface area contributed by atoms with Crippen LogP contribution in [-0.4, -0.2) is 44.0 Å². The van der Waals surface area contributed by atoms with E-state index in [-0.39, 0.29) is 17.8 Å². The maximum Gasteiger partial charge on any atom is 0.295 e. The highest BCUT2D eigenvalue weighted by Crippen LogP contribution is 2.07. The molecule has 0 aromatic carbocycles. The molecule has 0 radical (unpaired) electrons. The number of H-pyrrole nitrogens is 1. The summed E-state index contributed by atoms with van der Waals surface area (Å²) in [5, 5.41) is 13.0. The van der Waals surface area contributed by atoms with Crippen molar-refractivity contribution in [1.82, 2.24) is 25.5 Å². The Kier molecular flexibility index (Phi) is 3.76. The van der Waals surface area contributed by atoms with Crippen molar-refractivity contribution in [2.45, 2.75) is 33.7 Å². The van der Waals surface area contributed by atoms with Crippen LogP contribution >= 0.6 is 0 Å². The molecule has 84 valence electrons. The van der Waals surface area contributed by atoms with Crippen LogP contribution in [0.1, 0.15) is 38.3 Å². The van der Waals surface area contributed by atoms with Crippen molar-refractivity contribution in [2.24, 2.45) is 5.92 Å². The summed E-state index contributed by atoms with van der Waals surface area (Å²) in [6, 6.07) is 0.137. The highest BCUT2D eigenvalue weighted by molar-refractivity contribution is 5.90. The smallest absolute Gasteiger partial charge is 0.295 e. The standard InChI is InChI=1S/C9H17N5O/c1-6(2)5-14(7(3)4)9(15)8-10-12-13-11-8/h6-7H,5H2,1-4H3,(H,10,11,12,13). The molecule has 0 fully saturated rings. The first kappa shape index (κ1) is 11.6. The molecule has 1 aromatic rings. The number of aromatic nitrogens is 4. The highest BCUT2D eigenvalue weighted by atomic mass is 16.2. The zero-order valence-corrected chi connectivity index (χ0v) is 9.56. The van der Waals surface area contributed by atoms with Crippen LogP contribution in [0, 0.1) is 5.92 Å². The molecule has 1 aromatic heterocycles. The van der Waals surface area contributed by atoms with Gasteiger partial charge < -0.3 is 4.90 Å². The molecule has 0 bridgehead atoms. The molecular weight excluding hydrogens is 194 g/mol. The van der Waals surface area contributed by atoms with E-state index in [1.54, 1.807) is 4.90 Å². The van der Waals surface area contributed by atoms with Crippen LogP contribution in [0.4, 0.5) is 0 Å². The fraction of sp³-hybridized carbons (Fsp3) is 0.778. The first-order valence-corrected chi connectivity index (χ1v) is 5.06. The first-order valence-electron chi connectivity index (χ1n) is 5.06. The summed E-state index contributed by atoms with van der Waals surface area (Å²) in [5.41, 5.74) is 0. The Bertz CT molecular complexity index is 306. The molecule has 1 N–H and O–H groups in total. The Labute approximate surface area is 89.0 Å². The fourth-order valence-electron chi connectivity index (χ4n) is 1.30. The van der Waals surface area contributed by atoms with Crippen LogP contribution in [0.25, 0.3) is 0 Å². The second-order valence-corrected chi connectivity index (χ2v) is 4.18. The van der Waals surface area contributed by atoms with E-state index < -0.39 is 0 Å². The lowest BCUT2D eigenvalue weighted by atomic mass is 10.2.